The number of ether oxygens (including phenoxy) is 1. The van der Waals surface area contributed by atoms with E-state index in [1.54, 1.807) is 0 Å². The summed E-state index contributed by atoms with van der Waals surface area (Å²) in [6.45, 7) is 3.83. The summed E-state index contributed by atoms with van der Waals surface area (Å²) < 4.78 is 20.4. The number of benzene rings is 2. The maximum atomic E-state index is 12.4. The summed E-state index contributed by atoms with van der Waals surface area (Å²) in [6, 6.07) is 22.2. The van der Waals surface area contributed by atoms with Crippen LogP contribution in [0.1, 0.15) is 18.4 Å². The minimum atomic E-state index is -0.812. The number of anilines is 1. The first-order valence-electron chi connectivity index (χ1n) is 11.8. The fraction of sp³-hybridized carbons (Fsp3) is 0.308. The van der Waals surface area contributed by atoms with E-state index < -0.39 is 11.0 Å². The van der Waals surface area contributed by atoms with Crippen LogP contribution in [0.2, 0.25) is 0 Å². The van der Waals surface area contributed by atoms with E-state index in [1.165, 1.54) is 0 Å². The molecule has 2 aliphatic rings. The first-order valence-corrected chi connectivity index (χ1v) is 12.9. The molecule has 1 saturated carbocycles. The van der Waals surface area contributed by atoms with Gasteiger partial charge in [-0.1, -0.05) is 30.3 Å². The number of nitrogens with zero attached hydrogens (tertiary/aromatic N) is 4. The Morgan fingerprint density at radius 2 is 1.68 bits per heavy atom. The lowest BCUT2D eigenvalue weighted by Crippen LogP contribution is -2.47. The Kier molecular flexibility index (Phi) is 5.76. The standard InChI is InChI=1S/C26H27N5O2S/c32-34(22-10-11-22)31-16-14-30(15-17-31)24-13-12-23-26(28-24)29-25(27-23)20-6-8-21(9-7-20)33-18-19-4-2-1-3-5-19/h1-9,12-13,22H,10-11,14-18H2,(H,27,28,29). The summed E-state index contributed by atoms with van der Waals surface area (Å²) in [6.07, 6.45) is 2.21. The third-order valence-electron chi connectivity index (χ3n) is 6.33. The van der Waals surface area contributed by atoms with Gasteiger partial charge in [0.15, 0.2) is 5.65 Å². The predicted octanol–water partition coefficient (Wildman–Crippen LogP) is 4.15. The maximum absolute atomic E-state index is 12.4. The van der Waals surface area contributed by atoms with Gasteiger partial charge >= 0.3 is 0 Å². The van der Waals surface area contributed by atoms with Gasteiger partial charge < -0.3 is 14.6 Å². The van der Waals surface area contributed by atoms with Gasteiger partial charge in [0.05, 0.1) is 16.5 Å². The highest BCUT2D eigenvalue weighted by Gasteiger charge is 2.34. The van der Waals surface area contributed by atoms with E-state index in [1.807, 2.05) is 54.6 Å². The number of imidazole rings is 1. The second-order valence-electron chi connectivity index (χ2n) is 8.82. The number of piperazine rings is 1. The third kappa shape index (κ3) is 4.56. The molecule has 2 fully saturated rings. The molecule has 7 nitrogen and oxygen atoms in total. The lowest BCUT2D eigenvalue weighted by molar-refractivity contribution is 0.306. The van der Waals surface area contributed by atoms with Crippen molar-refractivity contribution in [1.29, 1.82) is 0 Å². The highest BCUT2D eigenvalue weighted by molar-refractivity contribution is 7.83. The number of H-pyrrole nitrogens is 1. The molecule has 8 heteroatoms. The van der Waals surface area contributed by atoms with Crippen molar-refractivity contribution in [1.82, 2.24) is 19.3 Å². The lowest BCUT2D eigenvalue weighted by Gasteiger charge is -2.34. The van der Waals surface area contributed by atoms with Crippen LogP contribution < -0.4 is 9.64 Å². The van der Waals surface area contributed by atoms with Crippen LogP contribution in [0.25, 0.3) is 22.6 Å². The number of aromatic nitrogens is 3. The number of rotatable bonds is 7. The lowest BCUT2D eigenvalue weighted by atomic mass is 10.2. The van der Waals surface area contributed by atoms with Gasteiger partial charge in [-0.2, -0.15) is 0 Å². The summed E-state index contributed by atoms with van der Waals surface area (Å²) >= 11 is 0. The van der Waals surface area contributed by atoms with E-state index in [-0.39, 0.29) is 0 Å². The number of hydrogen-bond donors (Lipinski definition) is 1. The van der Waals surface area contributed by atoms with Crippen LogP contribution in [-0.4, -0.2) is 54.9 Å². The Morgan fingerprint density at radius 3 is 2.41 bits per heavy atom. The van der Waals surface area contributed by atoms with Crippen LogP contribution in [0, 0.1) is 0 Å². The summed E-state index contributed by atoms with van der Waals surface area (Å²) in [5.41, 5.74) is 3.75. The number of hydrogen-bond acceptors (Lipinski definition) is 5. The number of pyridine rings is 1. The van der Waals surface area contributed by atoms with Crippen molar-refractivity contribution >= 4 is 28.0 Å². The molecule has 1 aliphatic carbocycles. The number of nitrogens with one attached hydrogen (secondary N) is 1. The molecule has 2 aromatic heterocycles. The van der Waals surface area contributed by atoms with Crippen LogP contribution in [-0.2, 0) is 17.6 Å². The van der Waals surface area contributed by atoms with Crippen molar-refractivity contribution in [3.8, 4) is 17.1 Å². The Morgan fingerprint density at radius 1 is 0.912 bits per heavy atom. The second-order valence-corrected chi connectivity index (χ2v) is 10.6. The van der Waals surface area contributed by atoms with Crippen molar-refractivity contribution in [3.63, 3.8) is 0 Å². The van der Waals surface area contributed by atoms with Gasteiger partial charge in [0.1, 0.15) is 24.0 Å². The maximum Gasteiger partial charge on any atom is 0.180 e. The highest BCUT2D eigenvalue weighted by atomic mass is 32.2. The Bertz CT molecular complexity index is 1300. The van der Waals surface area contributed by atoms with Gasteiger partial charge in [-0.05, 0) is 54.8 Å². The van der Waals surface area contributed by atoms with Gasteiger partial charge in [0, 0.05) is 37.0 Å². The molecule has 1 saturated heterocycles. The molecule has 174 valence electrons. The number of aromatic amines is 1. The van der Waals surface area contributed by atoms with Gasteiger partial charge in [0.25, 0.3) is 0 Å². The molecule has 0 amide bonds. The molecule has 0 bridgehead atoms. The Balaban J connectivity index is 1.12. The molecule has 6 rings (SSSR count). The molecular weight excluding hydrogens is 446 g/mol. The van der Waals surface area contributed by atoms with Crippen LogP contribution in [0.4, 0.5) is 5.82 Å². The molecule has 4 aromatic rings. The fourth-order valence-corrected chi connectivity index (χ4v) is 5.71. The minimum absolute atomic E-state index is 0.396. The average molecular weight is 474 g/mol. The van der Waals surface area contributed by atoms with Gasteiger partial charge in [-0.15, -0.1) is 0 Å². The van der Waals surface area contributed by atoms with Crippen molar-refractivity contribution in [3.05, 3.63) is 72.3 Å². The van der Waals surface area contributed by atoms with Gasteiger partial charge in [-0.25, -0.2) is 18.5 Å². The molecule has 0 radical (unpaired) electrons. The van der Waals surface area contributed by atoms with E-state index in [0.29, 0.717) is 17.5 Å². The zero-order valence-corrected chi connectivity index (χ0v) is 19.7. The van der Waals surface area contributed by atoms with Crippen molar-refractivity contribution < 1.29 is 8.95 Å². The van der Waals surface area contributed by atoms with Crippen LogP contribution in [0.5, 0.6) is 5.75 Å². The van der Waals surface area contributed by atoms with Crippen LogP contribution in [0.3, 0.4) is 0 Å². The normalized spacial score (nSPS) is 17.7. The first kappa shape index (κ1) is 21.3. The monoisotopic (exact) mass is 473 g/mol. The van der Waals surface area contributed by atoms with Gasteiger partial charge in [0.2, 0.25) is 0 Å². The topological polar surface area (TPSA) is 74.4 Å². The molecule has 3 heterocycles. The predicted molar refractivity (Wildman–Crippen MR) is 135 cm³/mol. The van der Waals surface area contributed by atoms with Crippen LogP contribution >= 0.6 is 0 Å². The molecule has 34 heavy (non-hydrogen) atoms. The third-order valence-corrected chi connectivity index (χ3v) is 8.25. The van der Waals surface area contributed by atoms with Crippen LogP contribution in [0.15, 0.2) is 66.7 Å². The average Bonchev–Trinajstić information content (AvgIpc) is 3.66. The number of fused-ring (bicyclic) bond motifs is 1. The molecule has 0 spiro atoms. The van der Waals surface area contributed by atoms with E-state index in [4.69, 9.17) is 14.7 Å². The van der Waals surface area contributed by atoms with E-state index in [2.05, 4.69) is 26.3 Å². The summed E-state index contributed by atoms with van der Waals surface area (Å²) in [5.74, 6) is 2.54. The van der Waals surface area contributed by atoms with Crippen molar-refractivity contribution in [2.75, 3.05) is 31.1 Å². The molecule has 1 atom stereocenters. The summed E-state index contributed by atoms with van der Waals surface area (Å²) in [5, 5.41) is 0.396. The summed E-state index contributed by atoms with van der Waals surface area (Å²) in [4.78, 5) is 15.2. The zero-order chi connectivity index (χ0) is 22.9. The SMILES string of the molecule is O=S(C1CC1)N1CCN(c2ccc3[nH]c(-c4ccc(OCc5ccccc5)cc4)nc3n2)CC1. The van der Waals surface area contributed by atoms with E-state index in [0.717, 1.165) is 73.1 Å². The highest BCUT2D eigenvalue weighted by Crippen LogP contribution is 2.29. The minimum Gasteiger partial charge on any atom is -0.489 e. The Hall–Kier alpha value is -3.23. The second kappa shape index (κ2) is 9.19. The van der Waals surface area contributed by atoms with Crippen molar-refractivity contribution in [2.45, 2.75) is 24.7 Å². The van der Waals surface area contributed by atoms with E-state index in [9.17, 15) is 4.21 Å². The Labute approximate surface area is 201 Å². The fourth-order valence-electron chi connectivity index (χ4n) is 4.22. The smallest absolute Gasteiger partial charge is 0.180 e. The molecule has 1 unspecified atom stereocenters. The summed E-state index contributed by atoms with van der Waals surface area (Å²) in [7, 11) is -0.812. The van der Waals surface area contributed by atoms with E-state index >= 15 is 0 Å². The molecule has 1 N–H and O–H groups in total. The molecule has 2 aromatic carbocycles. The van der Waals surface area contributed by atoms with Crippen molar-refractivity contribution in [2.24, 2.45) is 0 Å². The molecule has 1 aliphatic heterocycles. The quantitative estimate of drug-likeness (QED) is 0.436. The zero-order valence-electron chi connectivity index (χ0n) is 18.9. The largest absolute Gasteiger partial charge is 0.489 e. The first-order chi connectivity index (χ1) is 16.7. The molecular formula is C26H27N5O2S. The van der Waals surface area contributed by atoms with Gasteiger partial charge in [-0.3, -0.25) is 0 Å².